The van der Waals surface area contributed by atoms with Gasteiger partial charge in [-0.15, -0.1) is 0 Å². The van der Waals surface area contributed by atoms with Crippen molar-refractivity contribution in [3.63, 3.8) is 0 Å². The van der Waals surface area contributed by atoms with E-state index >= 15 is 0 Å². The van der Waals surface area contributed by atoms with Crippen LogP contribution in [0.2, 0.25) is 0 Å². The molecule has 2 rings (SSSR count). The minimum absolute atomic E-state index is 0.843. The Bertz CT molecular complexity index is 488. The molecule has 0 fully saturated rings. The van der Waals surface area contributed by atoms with Crippen LogP contribution in [0.15, 0.2) is 36.7 Å². The largest absolute Gasteiger partial charge is 0.348 e. The Kier molecular flexibility index (Phi) is 4.53. The number of hydrogen-bond donors (Lipinski definition) is 1. The molecule has 0 aliphatic rings. The molecule has 0 aliphatic carbocycles. The monoisotopic (exact) mass is 243 g/mol. The van der Waals surface area contributed by atoms with E-state index in [1.165, 1.54) is 12.0 Å². The van der Waals surface area contributed by atoms with Crippen LogP contribution in [0.25, 0.3) is 0 Å². The zero-order valence-corrected chi connectivity index (χ0v) is 11.2. The highest BCUT2D eigenvalue weighted by atomic mass is 15.0. The highest BCUT2D eigenvalue weighted by Crippen LogP contribution is 2.05. The lowest BCUT2D eigenvalue weighted by Crippen LogP contribution is -2.13. The molecule has 2 aromatic rings. The summed E-state index contributed by atoms with van der Waals surface area (Å²) in [5, 5.41) is 3.41. The maximum absolute atomic E-state index is 4.52. The summed E-state index contributed by atoms with van der Waals surface area (Å²) in [6.07, 6.45) is 5.48. The molecule has 0 atom stereocenters. The van der Waals surface area contributed by atoms with Gasteiger partial charge in [0.05, 0.1) is 12.2 Å². The van der Waals surface area contributed by atoms with Gasteiger partial charge in [-0.05, 0) is 43.7 Å². The Hall–Kier alpha value is -1.61. The van der Waals surface area contributed by atoms with Gasteiger partial charge in [-0.3, -0.25) is 4.98 Å². The molecule has 0 spiro atoms. The molecule has 0 saturated heterocycles. The van der Waals surface area contributed by atoms with Gasteiger partial charge in [0.1, 0.15) is 0 Å². The van der Waals surface area contributed by atoms with Gasteiger partial charge in [-0.1, -0.05) is 13.0 Å². The molecule has 3 heteroatoms. The van der Waals surface area contributed by atoms with Crippen molar-refractivity contribution in [1.29, 1.82) is 0 Å². The lowest BCUT2D eigenvalue weighted by atomic mass is 10.3. The molecule has 0 unspecified atom stereocenters. The molecule has 0 aliphatic heterocycles. The number of hydrogen-bond acceptors (Lipinski definition) is 2. The van der Waals surface area contributed by atoms with Crippen molar-refractivity contribution in [2.75, 3.05) is 6.54 Å². The minimum Gasteiger partial charge on any atom is -0.348 e. The maximum atomic E-state index is 4.52. The van der Waals surface area contributed by atoms with Gasteiger partial charge in [0.15, 0.2) is 0 Å². The first-order valence-corrected chi connectivity index (χ1v) is 6.56. The van der Waals surface area contributed by atoms with Gasteiger partial charge in [-0.25, -0.2) is 0 Å². The third kappa shape index (κ3) is 3.70. The van der Waals surface area contributed by atoms with E-state index in [1.54, 1.807) is 0 Å². The van der Waals surface area contributed by atoms with Gasteiger partial charge >= 0.3 is 0 Å². The van der Waals surface area contributed by atoms with Gasteiger partial charge < -0.3 is 9.88 Å². The number of nitrogens with one attached hydrogen (secondary N) is 1. The van der Waals surface area contributed by atoms with Crippen molar-refractivity contribution >= 4 is 0 Å². The fourth-order valence-electron chi connectivity index (χ4n) is 1.98. The molecule has 3 nitrogen and oxygen atoms in total. The van der Waals surface area contributed by atoms with E-state index in [0.717, 1.165) is 31.0 Å². The predicted octanol–water partition coefficient (Wildman–Crippen LogP) is 2.74. The second kappa shape index (κ2) is 6.36. The molecule has 0 radical (unpaired) electrons. The second-order valence-electron chi connectivity index (χ2n) is 4.64. The van der Waals surface area contributed by atoms with E-state index in [0.29, 0.717) is 0 Å². The van der Waals surface area contributed by atoms with E-state index < -0.39 is 0 Å². The molecular formula is C15H21N3. The summed E-state index contributed by atoms with van der Waals surface area (Å²) in [6.45, 7) is 7.07. The summed E-state index contributed by atoms with van der Waals surface area (Å²) >= 11 is 0. The predicted molar refractivity (Wildman–Crippen MR) is 74.5 cm³/mol. The third-order valence-electron chi connectivity index (χ3n) is 2.86. The lowest BCUT2D eigenvalue weighted by Gasteiger charge is -2.03. The number of pyridine rings is 1. The number of rotatable bonds is 6. The maximum Gasteiger partial charge on any atom is 0.0642 e. The quantitative estimate of drug-likeness (QED) is 0.791. The number of aryl methyl sites for hydroxylation is 1. The fraction of sp³-hybridized carbons (Fsp3) is 0.400. The number of nitrogens with zero attached hydrogens (tertiary/aromatic N) is 2. The summed E-state index contributed by atoms with van der Waals surface area (Å²) in [7, 11) is 0. The van der Waals surface area contributed by atoms with Crippen molar-refractivity contribution in [2.45, 2.75) is 33.4 Å². The van der Waals surface area contributed by atoms with E-state index in [4.69, 9.17) is 0 Å². The fourth-order valence-corrected chi connectivity index (χ4v) is 1.98. The van der Waals surface area contributed by atoms with Crippen LogP contribution < -0.4 is 5.32 Å². The van der Waals surface area contributed by atoms with Crippen LogP contribution in [0.5, 0.6) is 0 Å². The molecule has 2 aromatic heterocycles. The first-order chi connectivity index (χ1) is 8.78. The summed E-state index contributed by atoms with van der Waals surface area (Å²) in [5.74, 6) is 0. The van der Waals surface area contributed by atoms with Crippen molar-refractivity contribution < 1.29 is 0 Å². The molecule has 0 bridgehead atoms. The molecular weight excluding hydrogens is 222 g/mol. The van der Waals surface area contributed by atoms with Crippen LogP contribution in [-0.4, -0.2) is 16.1 Å². The van der Waals surface area contributed by atoms with Crippen LogP contribution in [0.1, 0.15) is 30.3 Å². The lowest BCUT2D eigenvalue weighted by molar-refractivity contribution is 0.673. The molecule has 0 saturated carbocycles. The molecule has 96 valence electrons. The highest BCUT2D eigenvalue weighted by molar-refractivity contribution is 5.14. The first kappa shape index (κ1) is 12.8. The Morgan fingerprint density at radius 2 is 2.17 bits per heavy atom. The Labute approximate surface area is 109 Å². The summed E-state index contributed by atoms with van der Waals surface area (Å²) in [4.78, 5) is 4.52. The molecule has 0 amide bonds. The zero-order chi connectivity index (χ0) is 12.8. The minimum atomic E-state index is 0.843. The Morgan fingerprint density at radius 3 is 2.94 bits per heavy atom. The topological polar surface area (TPSA) is 29.9 Å². The second-order valence-corrected chi connectivity index (χ2v) is 4.64. The van der Waals surface area contributed by atoms with Crippen LogP contribution in [-0.2, 0) is 13.1 Å². The van der Waals surface area contributed by atoms with Gasteiger partial charge in [0.25, 0.3) is 0 Å². The average Bonchev–Trinajstić information content (AvgIpc) is 2.77. The smallest absolute Gasteiger partial charge is 0.0642 e. The van der Waals surface area contributed by atoms with Crippen molar-refractivity contribution in [1.82, 2.24) is 14.9 Å². The van der Waals surface area contributed by atoms with Gasteiger partial charge in [0, 0.05) is 24.6 Å². The van der Waals surface area contributed by atoms with Crippen molar-refractivity contribution in [3.8, 4) is 0 Å². The molecule has 1 N–H and O–H groups in total. The van der Waals surface area contributed by atoms with Crippen LogP contribution >= 0.6 is 0 Å². The van der Waals surface area contributed by atoms with E-state index in [1.807, 2.05) is 13.0 Å². The summed E-state index contributed by atoms with van der Waals surface area (Å²) < 4.78 is 2.19. The van der Waals surface area contributed by atoms with E-state index in [9.17, 15) is 0 Å². The van der Waals surface area contributed by atoms with Crippen LogP contribution in [0.3, 0.4) is 0 Å². The van der Waals surface area contributed by atoms with Gasteiger partial charge in [0.2, 0.25) is 0 Å². The highest BCUT2D eigenvalue weighted by Gasteiger charge is 1.99. The van der Waals surface area contributed by atoms with Crippen molar-refractivity contribution in [2.24, 2.45) is 0 Å². The molecule has 18 heavy (non-hydrogen) atoms. The third-order valence-corrected chi connectivity index (χ3v) is 2.86. The normalized spacial score (nSPS) is 10.8. The summed E-state index contributed by atoms with van der Waals surface area (Å²) in [6, 6.07) is 8.32. The Morgan fingerprint density at radius 1 is 1.28 bits per heavy atom. The first-order valence-electron chi connectivity index (χ1n) is 6.56. The average molecular weight is 243 g/mol. The molecule has 2 heterocycles. The standard InChI is InChI=1S/C15H21N3/c1-3-8-16-10-14-7-9-18(11-14)12-15-6-4-5-13(2)17-15/h4-7,9,11,16H,3,8,10,12H2,1-2H3. The summed E-state index contributed by atoms with van der Waals surface area (Å²) in [5.41, 5.74) is 3.51. The van der Waals surface area contributed by atoms with E-state index in [2.05, 4.69) is 52.4 Å². The number of aromatic nitrogens is 2. The van der Waals surface area contributed by atoms with E-state index in [-0.39, 0.29) is 0 Å². The SMILES string of the molecule is CCCNCc1ccn(Cc2cccc(C)n2)c1. The van der Waals surface area contributed by atoms with Crippen LogP contribution in [0.4, 0.5) is 0 Å². The van der Waals surface area contributed by atoms with Crippen LogP contribution in [0, 0.1) is 6.92 Å². The van der Waals surface area contributed by atoms with Crippen molar-refractivity contribution in [3.05, 3.63) is 53.6 Å². The van der Waals surface area contributed by atoms with Gasteiger partial charge in [-0.2, -0.15) is 0 Å². The zero-order valence-electron chi connectivity index (χ0n) is 11.2. The molecule has 0 aromatic carbocycles. The Balaban J connectivity index is 1.94.